The van der Waals surface area contributed by atoms with Gasteiger partial charge in [0, 0.05) is 28.8 Å². The third kappa shape index (κ3) is 5.61. The van der Waals surface area contributed by atoms with Crippen molar-refractivity contribution in [3.05, 3.63) is 94.0 Å². The van der Waals surface area contributed by atoms with Crippen molar-refractivity contribution in [1.82, 2.24) is 4.90 Å². The van der Waals surface area contributed by atoms with Crippen molar-refractivity contribution in [3.8, 4) is 5.75 Å². The molecule has 2 heterocycles. The minimum atomic E-state index is -0.226. The summed E-state index contributed by atoms with van der Waals surface area (Å²) >= 11 is 8.46. The fourth-order valence-electron chi connectivity index (χ4n) is 5.40. The number of nitrogens with zero attached hydrogens (tertiary/aromatic N) is 1. The van der Waals surface area contributed by atoms with Gasteiger partial charge in [0.1, 0.15) is 5.75 Å². The monoisotopic (exact) mass is 507 g/mol. The number of benzene rings is 3. The molecule has 5 heteroatoms. The van der Waals surface area contributed by atoms with E-state index in [1.165, 1.54) is 28.7 Å². The molecule has 0 aromatic heterocycles. The van der Waals surface area contributed by atoms with Crippen LogP contribution in [0.1, 0.15) is 41.5 Å². The Balaban J connectivity index is 1.47. The van der Waals surface area contributed by atoms with Crippen molar-refractivity contribution >= 4 is 34.5 Å². The molecule has 0 saturated carbocycles. The topological polar surface area (TPSA) is 23.5 Å². The van der Waals surface area contributed by atoms with Gasteiger partial charge in [-0.25, -0.2) is 0 Å². The number of halogens is 2. The van der Waals surface area contributed by atoms with E-state index in [9.17, 15) is 9.50 Å². The molecular formula is C30H31ClFNOS. The summed E-state index contributed by atoms with van der Waals surface area (Å²) in [6, 6.07) is 22.8. The first-order valence-electron chi connectivity index (χ1n) is 12.4. The van der Waals surface area contributed by atoms with Gasteiger partial charge in [-0.3, -0.25) is 4.39 Å². The predicted octanol–water partition coefficient (Wildman–Crippen LogP) is 7.72. The number of likely N-dealkylation sites (tertiary alicyclic amines) is 1. The van der Waals surface area contributed by atoms with Crippen molar-refractivity contribution < 1.29 is 9.50 Å². The molecule has 5 rings (SSSR count). The zero-order valence-electron chi connectivity index (χ0n) is 19.9. The maximum Gasteiger partial charge on any atom is 0.116 e. The average molecular weight is 508 g/mol. The van der Waals surface area contributed by atoms with Gasteiger partial charge in [0.2, 0.25) is 0 Å². The van der Waals surface area contributed by atoms with Gasteiger partial charge in [-0.05, 0) is 95.8 Å². The zero-order valence-corrected chi connectivity index (χ0v) is 21.4. The Bertz CT molecular complexity index is 1210. The molecule has 35 heavy (non-hydrogen) atoms. The van der Waals surface area contributed by atoms with Gasteiger partial charge in [0.05, 0.1) is 6.67 Å². The average Bonchev–Trinajstić information content (AvgIpc) is 3.22. The van der Waals surface area contributed by atoms with E-state index in [2.05, 4.69) is 35.2 Å². The van der Waals surface area contributed by atoms with Crippen LogP contribution >= 0.6 is 23.4 Å². The number of aromatic hydroxyl groups is 1. The lowest BCUT2D eigenvalue weighted by Gasteiger charge is -2.18. The Labute approximate surface area is 216 Å². The second-order valence-electron chi connectivity index (χ2n) is 9.51. The molecular weight excluding hydrogens is 477 g/mol. The molecule has 0 bridgehead atoms. The smallest absolute Gasteiger partial charge is 0.116 e. The molecule has 2 aliphatic rings. The Morgan fingerprint density at radius 1 is 1.03 bits per heavy atom. The molecule has 2 nitrogen and oxygen atoms in total. The summed E-state index contributed by atoms with van der Waals surface area (Å²) < 4.78 is 12.5. The molecule has 3 aromatic rings. The highest BCUT2D eigenvalue weighted by Gasteiger charge is 2.24. The number of rotatable bonds is 7. The van der Waals surface area contributed by atoms with Crippen molar-refractivity contribution in [2.24, 2.45) is 5.92 Å². The van der Waals surface area contributed by atoms with Gasteiger partial charge >= 0.3 is 0 Å². The minimum absolute atomic E-state index is 0.226. The fraction of sp³-hybridized carbons (Fsp3) is 0.333. The molecule has 182 valence electrons. The van der Waals surface area contributed by atoms with Gasteiger partial charge in [-0.2, -0.15) is 0 Å². The van der Waals surface area contributed by atoms with Gasteiger partial charge in [-0.1, -0.05) is 54.1 Å². The summed E-state index contributed by atoms with van der Waals surface area (Å²) in [4.78, 5) is 3.50. The molecule has 1 atom stereocenters. The number of alkyl halides is 1. The maximum absolute atomic E-state index is 12.5. The third-order valence-electron chi connectivity index (χ3n) is 7.09. The molecule has 2 aliphatic heterocycles. The van der Waals surface area contributed by atoms with Gasteiger partial charge in [0.15, 0.2) is 0 Å². The van der Waals surface area contributed by atoms with Crippen molar-refractivity contribution in [2.45, 2.75) is 30.6 Å². The SMILES string of the molecule is Oc1ccc2c(c1)SCCC(c1ccccc1Cl)=C2c1ccc(CC2CCN(CCCF)C2)cc1. The maximum atomic E-state index is 12.5. The van der Waals surface area contributed by atoms with Crippen LogP contribution in [0.2, 0.25) is 5.02 Å². The van der Waals surface area contributed by atoms with Crippen molar-refractivity contribution in [1.29, 1.82) is 0 Å². The van der Waals surface area contributed by atoms with E-state index in [0.29, 0.717) is 18.1 Å². The third-order valence-corrected chi connectivity index (χ3v) is 8.48. The Morgan fingerprint density at radius 2 is 1.86 bits per heavy atom. The lowest BCUT2D eigenvalue weighted by Crippen LogP contribution is -2.22. The molecule has 1 N–H and O–H groups in total. The fourth-order valence-corrected chi connectivity index (χ4v) is 6.70. The molecule has 0 aliphatic carbocycles. The Morgan fingerprint density at radius 3 is 2.66 bits per heavy atom. The van der Waals surface area contributed by atoms with Crippen LogP contribution in [0.15, 0.2) is 71.6 Å². The van der Waals surface area contributed by atoms with Gasteiger partial charge in [-0.15, -0.1) is 11.8 Å². The van der Waals surface area contributed by atoms with Crippen LogP contribution in [0.3, 0.4) is 0 Å². The molecule has 0 amide bonds. The summed E-state index contributed by atoms with van der Waals surface area (Å²) in [5.41, 5.74) is 7.19. The number of phenols is 1. The number of fused-ring (bicyclic) bond motifs is 1. The number of hydrogen-bond acceptors (Lipinski definition) is 3. The second kappa shape index (κ2) is 11.2. The van der Waals surface area contributed by atoms with Crippen LogP contribution in [-0.2, 0) is 6.42 Å². The number of hydrogen-bond donors (Lipinski definition) is 1. The molecule has 1 unspecified atom stereocenters. The van der Waals surface area contributed by atoms with E-state index >= 15 is 0 Å². The standard InChI is InChI=1S/C30H31ClFNOS/c31-28-5-2-1-4-25(28)26-13-17-35-29-19-24(34)10-11-27(29)30(26)23-8-6-21(7-9-23)18-22-12-16-33(20-22)15-3-14-32/h1-2,4-11,19,22,34H,3,12-18,20H2. The Hall–Kier alpha value is -2.27. The summed E-state index contributed by atoms with van der Waals surface area (Å²) in [6.07, 6.45) is 3.78. The van der Waals surface area contributed by atoms with Gasteiger partial charge < -0.3 is 10.0 Å². The lowest BCUT2D eigenvalue weighted by molar-refractivity contribution is 0.301. The van der Waals surface area contributed by atoms with E-state index in [1.807, 2.05) is 30.3 Å². The van der Waals surface area contributed by atoms with Crippen LogP contribution in [-0.4, -0.2) is 42.1 Å². The van der Waals surface area contributed by atoms with E-state index < -0.39 is 0 Å². The van der Waals surface area contributed by atoms with Crippen molar-refractivity contribution in [2.75, 3.05) is 32.1 Å². The van der Waals surface area contributed by atoms with E-state index in [4.69, 9.17) is 11.6 Å². The zero-order chi connectivity index (χ0) is 24.2. The molecule has 0 spiro atoms. The van der Waals surface area contributed by atoms with Crippen LogP contribution in [0, 0.1) is 5.92 Å². The van der Waals surface area contributed by atoms with E-state index in [-0.39, 0.29) is 6.67 Å². The summed E-state index contributed by atoms with van der Waals surface area (Å²) in [5, 5.41) is 10.9. The molecule has 3 aromatic carbocycles. The van der Waals surface area contributed by atoms with Crippen LogP contribution in [0.5, 0.6) is 5.75 Å². The summed E-state index contributed by atoms with van der Waals surface area (Å²) in [6.45, 7) is 2.80. The quantitative estimate of drug-likeness (QED) is 0.354. The van der Waals surface area contributed by atoms with E-state index in [0.717, 1.165) is 59.3 Å². The first-order valence-corrected chi connectivity index (χ1v) is 13.8. The highest BCUT2D eigenvalue weighted by atomic mass is 35.5. The molecule has 1 saturated heterocycles. The number of phenolic OH excluding ortho intramolecular Hbond substituents is 1. The first kappa shape index (κ1) is 24.4. The minimum Gasteiger partial charge on any atom is -0.508 e. The first-order chi connectivity index (χ1) is 17.1. The largest absolute Gasteiger partial charge is 0.508 e. The van der Waals surface area contributed by atoms with E-state index in [1.54, 1.807) is 17.8 Å². The van der Waals surface area contributed by atoms with Crippen LogP contribution in [0.4, 0.5) is 4.39 Å². The number of thioether (sulfide) groups is 1. The highest BCUT2D eigenvalue weighted by Crippen LogP contribution is 2.45. The Kier molecular flexibility index (Phi) is 7.81. The normalized spacial score (nSPS) is 18.5. The summed E-state index contributed by atoms with van der Waals surface area (Å²) in [5.74, 6) is 1.86. The predicted molar refractivity (Wildman–Crippen MR) is 146 cm³/mol. The van der Waals surface area contributed by atoms with Crippen molar-refractivity contribution in [3.63, 3.8) is 0 Å². The van der Waals surface area contributed by atoms with Gasteiger partial charge in [0.25, 0.3) is 0 Å². The highest BCUT2D eigenvalue weighted by molar-refractivity contribution is 7.99. The van der Waals surface area contributed by atoms with Crippen LogP contribution < -0.4 is 0 Å². The molecule has 1 fully saturated rings. The second-order valence-corrected chi connectivity index (χ2v) is 11.1. The lowest BCUT2D eigenvalue weighted by atomic mass is 9.87. The number of allylic oxidation sites excluding steroid dienone is 1. The molecule has 0 radical (unpaired) electrons. The van der Waals surface area contributed by atoms with Crippen LogP contribution in [0.25, 0.3) is 11.1 Å². The summed E-state index contributed by atoms with van der Waals surface area (Å²) in [7, 11) is 0.